The molecule has 1 aliphatic carbocycles. The lowest BCUT2D eigenvalue weighted by molar-refractivity contribution is -0.124. The first-order valence-electron chi connectivity index (χ1n) is 10.6. The summed E-state index contributed by atoms with van der Waals surface area (Å²) < 4.78 is 3.09. The van der Waals surface area contributed by atoms with Gasteiger partial charge in [-0.25, -0.2) is 4.98 Å². The van der Waals surface area contributed by atoms with Gasteiger partial charge >= 0.3 is 0 Å². The molecular weight excluding hydrogens is 414 g/mol. The Labute approximate surface area is 185 Å². The molecule has 2 heterocycles. The van der Waals surface area contributed by atoms with Gasteiger partial charge in [0.1, 0.15) is 5.69 Å². The molecule has 172 valence electrons. The van der Waals surface area contributed by atoms with Crippen LogP contribution < -0.4 is 21.3 Å². The zero-order valence-corrected chi connectivity index (χ0v) is 18.5. The van der Waals surface area contributed by atoms with Gasteiger partial charge in [0, 0.05) is 52.4 Å². The molecule has 0 aliphatic heterocycles. The summed E-state index contributed by atoms with van der Waals surface area (Å²) in [5.74, 6) is -0.560. The third-order valence-electron chi connectivity index (χ3n) is 5.45. The van der Waals surface area contributed by atoms with Crippen LogP contribution in [0.15, 0.2) is 18.5 Å². The Kier molecular flexibility index (Phi) is 7.29. The highest BCUT2D eigenvalue weighted by Gasteiger charge is 2.22. The predicted octanol–water partition coefficient (Wildman–Crippen LogP) is 1.01. The highest BCUT2D eigenvalue weighted by molar-refractivity contribution is 6.04. The average molecular weight is 444 g/mol. The molecular formula is C21H29N7O4. The van der Waals surface area contributed by atoms with Crippen LogP contribution in [0.1, 0.15) is 53.2 Å². The van der Waals surface area contributed by atoms with Crippen LogP contribution in [-0.4, -0.2) is 51.3 Å². The van der Waals surface area contributed by atoms with Crippen molar-refractivity contribution in [1.82, 2.24) is 24.8 Å². The van der Waals surface area contributed by atoms with Gasteiger partial charge in [0.15, 0.2) is 5.82 Å². The van der Waals surface area contributed by atoms with Crippen LogP contribution in [-0.2, 0) is 23.7 Å². The quantitative estimate of drug-likeness (QED) is 0.482. The molecule has 32 heavy (non-hydrogen) atoms. The molecule has 2 aromatic rings. The topological polar surface area (TPSA) is 139 Å². The van der Waals surface area contributed by atoms with Crippen LogP contribution in [0.3, 0.4) is 0 Å². The van der Waals surface area contributed by atoms with E-state index >= 15 is 0 Å². The van der Waals surface area contributed by atoms with E-state index < -0.39 is 5.91 Å². The predicted molar refractivity (Wildman–Crippen MR) is 118 cm³/mol. The smallest absolute Gasteiger partial charge is 0.287 e. The van der Waals surface area contributed by atoms with Crippen molar-refractivity contribution in [1.29, 1.82) is 0 Å². The van der Waals surface area contributed by atoms with Crippen LogP contribution in [0.25, 0.3) is 0 Å². The number of hydrogen-bond donors (Lipinski definition) is 4. The van der Waals surface area contributed by atoms with Crippen LogP contribution in [0.2, 0.25) is 0 Å². The molecule has 0 radical (unpaired) electrons. The largest absolute Gasteiger partial charge is 0.355 e. The maximum Gasteiger partial charge on any atom is 0.287 e. The van der Waals surface area contributed by atoms with Gasteiger partial charge in [-0.05, 0) is 18.9 Å². The molecule has 1 fully saturated rings. The Morgan fingerprint density at radius 2 is 1.75 bits per heavy atom. The highest BCUT2D eigenvalue weighted by Crippen LogP contribution is 2.24. The van der Waals surface area contributed by atoms with Gasteiger partial charge in [-0.1, -0.05) is 12.8 Å². The number of carbonyl (C=O) groups is 4. The van der Waals surface area contributed by atoms with Crippen molar-refractivity contribution in [2.24, 2.45) is 20.0 Å². The van der Waals surface area contributed by atoms with Crippen molar-refractivity contribution in [3.8, 4) is 0 Å². The first-order chi connectivity index (χ1) is 15.3. The number of nitrogens with zero attached hydrogens (tertiary/aromatic N) is 3. The van der Waals surface area contributed by atoms with Gasteiger partial charge in [-0.15, -0.1) is 0 Å². The van der Waals surface area contributed by atoms with Gasteiger partial charge < -0.3 is 30.4 Å². The van der Waals surface area contributed by atoms with Gasteiger partial charge in [-0.2, -0.15) is 0 Å². The molecule has 0 atom stereocenters. The van der Waals surface area contributed by atoms with E-state index in [1.165, 1.54) is 17.8 Å². The lowest BCUT2D eigenvalue weighted by Crippen LogP contribution is -2.31. The second-order valence-corrected chi connectivity index (χ2v) is 7.89. The Morgan fingerprint density at radius 1 is 1.03 bits per heavy atom. The Morgan fingerprint density at radius 3 is 2.44 bits per heavy atom. The van der Waals surface area contributed by atoms with E-state index in [0.29, 0.717) is 11.4 Å². The third-order valence-corrected chi connectivity index (χ3v) is 5.45. The van der Waals surface area contributed by atoms with E-state index in [1.54, 1.807) is 30.9 Å². The first kappa shape index (κ1) is 23.0. The van der Waals surface area contributed by atoms with Crippen molar-refractivity contribution in [2.75, 3.05) is 24.2 Å². The number of carbonyl (C=O) groups excluding carboxylic acids is 4. The summed E-state index contributed by atoms with van der Waals surface area (Å²) in [5.41, 5.74) is 0.777. The average Bonchev–Trinajstić information content (AvgIpc) is 3.48. The second-order valence-electron chi connectivity index (χ2n) is 7.89. The minimum atomic E-state index is -0.432. The fourth-order valence-corrected chi connectivity index (χ4v) is 3.74. The van der Waals surface area contributed by atoms with Crippen molar-refractivity contribution in [3.05, 3.63) is 30.0 Å². The molecule has 2 aromatic heterocycles. The number of aromatic nitrogens is 3. The monoisotopic (exact) mass is 443 g/mol. The molecule has 0 aromatic carbocycles. The maximum atomic E-state index is 12.6. The van der Waals surface area contributed by atoms with Gasteiger partial charge in [0.05, 0.1) is 5.69 Å². The molecule has 1 saturated carbocycles. The van der Waals surface area contributed by atoms with Crippen molar-refractivity contribution in [2.45, 2.75) is 32.1 Å². The lowest BCUT2D eigenvalue weighted by Gasteiger charge is -2.10. The lowest BCUT2D eigenvalue weighted by atomic mass is 10.1. The highest BCUT2D eigenvalue weighted by atomic mass is 16.2. The third kappa shape index (κ3) is 5.54. The summed E-state index contributed by atoms with van der Waals surface area (Å²) in [6.45, 7) is 0.273. The minimum Gasteiger partial charge on any atom is -0.355 e. The fourth-order valence-electron chi connectivity index (χ4n) is 3.74. The zero-order chi connectivity index (χ0) is 23.3. The normalized spacial score (nSPS) is 13.6. The summed E-state index contributed by atoms with van der Waals surface area (Å²) in [6, 6.07) is 1.55. The van der Waals surface area contributed by atoms with E-state index in [0.717, 1.165) is 25.7 Å². The Balaban J connectivity index is 1.52. The number of anilines is 2. The van der Waals surface area contributed by atoms with E-state index in [2.05, 4.69) is 26.3 Å². The number of hydrogen-bond acceptors (Lipinski definition) is 5. The SMILES string of the molecule is CNC(=O)c1nc(NC(=O)c2cc(NC(=O)CCNC(=O)C3CCCC3)cn2C)cn1C. The minimum absolute atomic E-state index is 0.0167. The molecule has 0 unspecified atom stereocenters. The summed E-state index contributed by atoms with van der Waals surface area (Å²) in [5, 5.41) is 10.7. The van der Waals surface area contributed by atoms with Gasteiger partial charge in [0.25, 0.3) is 11.8 Å². The number of rotatable bonds is 8. The molecule has 0 spiro atoms. The molecule has 1 aliphatic rings. The van der Waals surface area contributed by atoms with Crippen LogP contribution >= 0.6 is 0 Å². The summed E-state index contributed by atoms with van der Waals surface area (Å²) in [7, 11) is 4.83. The molecule has 0 bridgehead atoms. The summed E-state index contributed by atoms with van der Waals surface area (Å²) in [6.07, 6.45) is 7.30. The second kappa shape index (κ2) is 10.1. The van der Waals surface area contributed by atoms with Crippen LogP contribution in [0, 0.1) is 5.92 Å². The van der Waals surface area contributed by atoms with Crippen LogP contribution in [0.5, 0.6) is 0 Å². The van der Waals surface area contributed by atoms with E-state index in [1.807, 2.05) is 0 Å². The molecule has 4 amide bonds. The molecule has 3 rings (SSSR count). The molecule has 11 heteroatoms. The van der Waals surface area contributed by atoms with Crippen molar-refractivity contribution >= 4 is 35.1 Å². The number of nitrogens with one attached hydrogen (secondary N) is 4. The van der Waals surface area contributed by atoms with Gasteiger partial charge in [0.2, 0.25) is 17.6 Å². The zero-order valence-electron chi connectivity index (χ0n) is 18.5. The first-order valence-corrected chi connectivity index (χ1v) is 10.6. The number of amides is 4. The molecule has 4 N–H and O–H groups in total. The van der Waals surface area contributed by atoms with E-state index in [-0.39, 0.29) is 48.2 Å². The molecule has 11 nitrogen and oxygen atoms in total. The van der Waals surface area contributed by atoms with Crippen molar-refractivity contribution < 1.29 is 19.2 Å². The van der Waals surface area contributed by atoms with E-state index in [4.69, 9.17) is 0 Å². The maximum absolute atomic E-state index is 12.6. The molecule has 0 saturated heterocycles. The van der Waals surface area contributed by atoms with Crippen LogP contribution in [0.4, 0.5) is 11.5 Å². The number of imidazole rings is 1. The fraction of sp³-hybridized carbons (Fsp3) is 0.476. The Hall–Kier alpha value is -3.63. The number of aryl methyl sites for hydroxylation is 2. The van der Waals surface area contributed by atoms with Gasteiger partial charge in [-0.3, -0.25) is 19.2 Å². The summed E-state index contributed by atoms with van der Waals surface area (Å²) in [4.78, 5) is 52.7. The van der Waals surface area contributed by atoms with Crippen molar-refractivity contribution in [3.63, 3.8) is 0 Å². The standard InChI is InChI=1S/C21H29N7O4/c1-22-21(32)18-25-16(12-28(18)3)26-20(31)15-10-14(11-27(15)2)24-17(29)8-9-23-19(30)13-6-4-5-7-13/h10-13H,4-9H2,1-3H3,(H,22,32)(H,23,30)(H,24,29)(H,26,31). The summed E-state index contributed by atoms with van der Waals surface area (Å²) >= 11 is 0. The van der Waals surface area contributed by atoms with E-state index in [9.17, 15) is 19.2 Å². The Bertz CT molecular complexity index is 1020.